The fraction of sp³-hybridized carbons (Fsp3) is 0. The van der Waals surface area contributed by atoms with Gasteiger partial charge in [-0.05, 0) is 59.7 Å². The van der Waals surface area contributed by atoms with Crippen LogP contribution in [-0.4, -0.2) is 4.98 Å². The van der Waals surface area contributed by atoms with Crippen LogP contribution in [0.3, 0.4) is 0 Å². The lowest BCUT2D eigenvalue weighted by atomic mass is 9.84. The number of pyridine rings is 1. The second-order valence-corrected chi connectivity index (χ2v) is 10.1. The largest absolute Gasteiger partial charge is 0.398 e. The van der Waals surface area contributed by atoms with Gasteiger partial charge >= 0.3 is 0 Å². The summed E-state index contributed by atoms with van der Waals surface area (Å²) in [6, 6.07) is 31.8. The van der Waals surface area contributed by atoms with Crippen molar-refractivity contribution in [3.8, 4) is 62.0 Å². The minimum absolute atomic E-state index is 0.0488. The van der Waals surface area contributed by atoms with E-state index in [2.05, 4.69) is 12.1 Å². The summed E-state index contributed by atoms with van der Waals surface area (Å²) in [7, 11) is 0. The lowest BCUT2D eigenvalue weighted by Crippen LogP contribution is -2.05. The number of anilines is 3. The average Bonchev–Trinajstić information content (AvgIpc) is 3.02. The van der Waals surface area contributed by atoms with Crippen molar-refractivity contribution < 1.29 is 13.2 Å². The Labute approximate surface area is 251 Å². The number of nitrogens with two attached hydrogens (primary N) is 3. The van der Waals surface area contributed by atoms with Crippen molar-refractivity contribution in [3.05, 3.63) is 132 Å². The van der Waals surface area contributed by atoms with E-state index in [1.165, 1.54) is 54.6 Å². The monoisotopic (exact) mass is 582 g/mol. The van der Waals surface area contributed by atoms with E-state index in [9.17, 15) is 14.0 Å². The number of hydrogen-bond acceptors (Lipinski definition) is 5. The molecule has 0 saturated carbocycles. The fourth-order valence-electron chi connectivity index (χ4n) is 5.20. The van der Waals surface area contributed by atoms with Crippen molar-refractivity contribution in [2.45, 2.75) is 0 Å². The van der Waals surface area contributed by atoms with Crippen molar-refractivity contribution in [3.63, 3.8) is 0 Å². The van der Waals surface area contributed by atoms with Crippen LogP contribution in [0.5, 0.6) is 0 Å². The van der Waals surface area contributed by atoms with Crippen LogP contribution >= 0.6 is 0 Å². The van der Waals surface area contributed by atoms with Gasteiger partial charge in [-0.1, -0.05) is 54.6 Å². The maximum atomic E-state index is 15.2. The first-order chi connectivity index (χ1) is 21.2. The quantitative estimate of drug-likeness (QED) is 0.177. The van der Waals surface area contributed by atoms with E-state index in [0.29, 0.717) is 27.9 Å². The highest BCUT2D eigenvalue weighted by Crippen LogP contribution is 2.46. The van der Waals surface area contributed by atoms with Gasteiger partial charge in [-0.15, -0.1) is 0 Å². The van der Waals surface area contributed by atoms with Crippen LogP contribution < -0.4 is 17.2 Å². The van der Waals surface area contributed by atoms with Crippen LogP contribution in [0.25, 0.3) is 55.9 Å². The average molecular weight is 583 g/mol. The van der Waals surface area contributed by atoms with Gasteiger partial charge in [-0.2, -0.15) is 5.26 Å². The maximum absolute atomic E-state index is 15.2. The van der Waals surface area contributed by atoms with Crippen LogP contribution in [0.1, 0.15) is 5.56 Å². The molecule has 0 aliphatic carbocycles. The highest BCUT2D eigenvalue weighted by Gasteiger charge is 2.25. The number of hydrogen-bond donors (Lipinski definition) is 3. The molecule has 6 N–H and O–H groups in total. The number of nitrogen functional groups attached to an aromatic ring is 3. The van der Waals surface area contributed by atoms with E-state index >= 15 is 4.39 Å². The van der Waals surface area contributed by atoms with Crippen LogP contribution in [0.15, 0.2) is 103 Å². The second-order valence-electron chi connectivity index (χ2n) is 10.1. The summed E-state index contributed by atoms with van der Waals surface area (Å²) in [5.74, 6) is -1.57. The summed E-state index contributed by atoms with van der Waals surface area (Å²) in [6.07, 6.45) is 0. The van der Waals surface area contributed by atoms with E-state index in [-0.39, 0.29) is 45.0 Å². The molecule has 6 rings (SSSR count). The molecule has 0 bridgehead atoms. The Morgan fingerprint density at radius 1 is 0.636 bits per heavy atom. The summed E-state index contributed by atoms with van der Waals surface area (Å²) in [6.45, 7) is 0. The van der Waals surface area contributed by atoms with E-state index in [4.69, 9.17) is 22.2 Å². The summed E-state index contributed by atoms with van der Waals surface area (Å²) < 4.78 is 42.9. The van der Waals surface area contributed by atoms with E-state index in [0.717, 1.165) is 11.6 Å². The van der Waals surface area contributed by atoms with Gasteiger partial charge in [0, 0.05) is 45.1 Å². The van der Waals surface area contributed by atoms with Crippen LogP contribution in [0.4, 0.5) is 30.2 Å². The molecule has 0 saturated heterocycles. The first-order valence-corrected chi connectivity index (χ1v) is 13.5. The van der Waals surface area contributed by atoms with Gasteiger partial charge in [0.25, 0.3) is 0 Å². The van der Waals surface area contributed by atoms with Crippen LogP contribution in [0, 0.1) is 34.8 Å². The maximum Gasteiger partial charge on any atom is 0.133 e. The molecule has 0 aliphatic rings. The molecule has 0 aliphatic heterocycles. The van der Waals surface area contributed by atoms with Gasteiger partial charge in [0.2, 0.25) is 0 Å². The zero-order valence-corrected chi connectivity index (χ0v) is 23.1. The van der Waals surface area contributed by atoms with Crippen molar-refractivity contribution >= 4 is 17.1 Å². The van der Waals surface area contributed by atoms with E-state index in [1.807, 2.05) is 30.3 Å². The molecule has 1 aromatic heterocycles. The molecule has 1 radical (unpaired) electrons. The van der Waals surface area contributed by atoms with Gasteiger partial charge in [0.15, 0.2) is 0 Å². The van der Waals surface area contributed by atoms with E-state index < -0.39 is 17.5 Å². The Balaban J connectivity index is 1.66. The van der Waals surface area contributed by atoms with Gasteiger partial charge in [0.05, 0.1) is 28.3 Å². The van der Waals surface area contributed by atoms with Crippen molar-refractivity contribution in [1.29, 1.82) is 5.26 Å². The number of aromatic nitrogens is 1. The van der Waals surface area contributed by atoms with E-state index in [1.54, 1.807) is 12.1 Å². The smallest absolute Gasteiger partial charge is 0.133 e. The van der Waals surface area contributed by atoms with Gasteiger partial charge < -0.3 is 17.2 Å². The van der Waals surface area contributed by atoms with Crippen molar-refractivity contribution in [1.82, 2.24) is 4.98 Å². The predicted molar refractivity (Wildman–Crippen MR) is 168 cm³/mol. The molecule has 5 nitrogen and oxygen atoms in total. The third-order valence-corrected chi connectivity index (χ3v) is 7.32. The molecular formula is C36H23F3N5. The molecule has 213 valence electrons. The lowest BCUT2D eigenvalue weighted by molar-refractivity contribution is 0.626. The standard InChI is InChI=1S/C36H23F3N5/c37-23-10-6-20(7-11-23)25-16-26(31(42)18-29(25)39)27-17-32(43)35(28(19-40)34(27)22-8-12-24(38)13-9-22)36-30(41)14-15-33(44-36)21-4-2-1-3-5-21/h1-16,18H,41-43H2. The Morgan fingerprint density at radius 2 is 1.27 bits per heavy atom. The number of rotatable bonds is 5. The minimum atomic E-state index is -0.624. The highest BCUT2D eigenvalue weighted by atomic mass is 19.1. The molecular weight excluding hydrogens is 559 g/mol. The SMILES string of the molecule is N#Cc1c(-c2nc(-c3ccccc3)ccc2N)c(N)[c]c(-c2cc(-c3ccc(F)cc3)c(F)cc2N)c1-c1ccc(F)cc1. The first kappa shape index (κ1) is 28.1. The Kier molecular flexibility index (Phi) is 7.21. The molecule has 1 heterocycles. The molecule has 6 aromatic rings. The Bertz CT molecular complexity index is 2070. The molecule has 5 aromatic carbocycles. The Hall–Kier alpha value is -6.07. The normalized spacial score (nSPS) is 10.9. The molecule has 8 heteroatoms. The zero-order valence-electron chi connectivity index (χ0n) is 23.1. The second kappa shape index (κ2) is 11.3. The topological polar surface area (TPSA) is 115 Å². The lowest BCUT2D eigenvalue weighted by Gasteiger charge is -2.20. The van der Waals surface area contributed by atoms with Gasteiger partial charge in [-0.25, -0.2) is 18.2 Å². The highest BCUT2D eigenvalue weighted by molar-refractivity contribution is 6.01. The summed E-state index contributed by atoms with van der Waals surface area (Å²) in [5, 5.41) is 10.6. The number of halogens is 3. The van der Waals surface area contributed by atoms with Crippen molar-refractivity contribution in [2.24, 2.45) is 0 Å². The first-order valence-electron chi connectivity index (χ1n) is 13.5. The van der Waals surface area contributed by atoms with Crippen molar-refractivity contribution in [2.75, 3.05) is 17.2 Å². The third kappa shape index (κ3) is 5.08. The molecule has 0 atom stereocenters. The summed E-state index contributed by atoms with van der Waals surface area (Å²) >= 11 is 0. The molecule has 44 heavy (non-hydrogen) atoms. The third-order valence-electron chi connectivity index (χ3n) is 7.32. The number of nitriles is 1. The predicted octanol–water partition coefficient (Wildman–Crippen LogP) is 8.25. The van der Waals surface area contributed by atoms with Gasteiger partial charge in [-0.3, -0.25) is 0 Å². The Morgan fingerprint density at radius 3 is 1.91 bits per heavy atom. The minimum Gasteiger partial charge on any atom is -0.398 e. The molecule has 0 amide bonds. The summed E-state index contributed by atoms with van der Waals surface area (Å²) in [5.41, 5.74) is 23.8. The van der Waals surface area contributed by atoms with Crippen LogP contribution in [-0.2, 0) is 0 Å². The number of benzene rings is 5. The van der Waals surface area contributed by atoms with Gasteiger partial charge in [0.1, 0.15) is 23.5 Å². The fourth-order valence-corrected chi connectivity index (χ4v) is 5.20. The van der Waals surface area contributed by atoms with Crippen LogP contribution in [0.2, 0.25) is 0 Å². The summed E-state index contributed by atoms with van der Waals surface area (Å²) in [4.78, 5) is 4.78. The molecule has 0 spiro atoms. The molecule has 0 unspecified atom stereocenters. The molecule has 0 fully saturated rings. The number of nitrogens with zero attached hydrogens (tertiary/aromatic N) is 2. The zero-order chi connectivity index (χ0) is 31.0.